The van der Waals surface area contributed by atoms with E-state index < -0.39 is 22.5 Å². The molecule has 0 aromatic heterocycles. The fourth-order valence-electron chi connectivity index (χ4n) is 1.69. The molecule has 0 atom stereocenters. The predicted octanol–water partition coefficient (Wildman–Crippen LogP) is 0.925. The van der Waals surface area contributed by atoms with Crippen LogP contribution in [0.2, 0.25) is 0 Å². The van der Waals surface area contributed by atoms with Gasteiger partial charge in [0.25, 0.3) is 0 Å². The maximum Gasteiger partial charge on any atom is 0.318 e. The van der Waals surface area contributed by atoms with Crippen molar-refractivity contribution in [1.29, 1.82) is 0 Å². The molecule has 0 saturated heterocycles. The van der Waals surface area contributed by atoms with Crippen molar-refractivity contribution in [2.24, 2.45) is 0 Å². The quantitative estimate of drug-likeness (QED) is 0.852. The fraction of sp³-hybridized carbons (Fsp3) is 0.364. The minimum absolute atomic E-state index is 0.0644. The second-order valence-electron chi connectivity index (χ2n) is 4.08. The molecule has 110 valence electrons. The van der Waals surface area contributed by atoms with Gasteiger partial charge >= 0.3 is 5.97 Å². The van der Waals surface area contributed by atoms with Gasteiger partial charge in [0.2, 0.25) is 10.0 Å². The number of carboxylic acids is 1. The first-order valence-corrected chi connectivity index (χ1v) is 7.83. The summed E-state index contributed by atoms with van der Waals surface area (Å²) in [6, 6.07) is 2.82. The van der Waals surface area contributed by atoms with Crippen molar-refractivity contribution < 1.29 is 27.8 Å². The standard InChI is InChI=1S/C11H12BrNO6S/c1-13(6-11(14)15)20(16,17)10-5-9-8(4-7(10)12)18-2-3-19-9/h4-5H,2-3,6H2,1H3,(H,14,15). The fourth-order valence-corrected chi connectivity index (χ4v) is 3.80. The van der Waals surface area contributed by atoms with Crippen LogP contribution in [0.25, 0.3) is 0 Å². The topological polar surface area (TPSA) is 93.1 Å². The molecule has 1 heterocycles. The Kier molecular flexibility index (Phi) is 4.21. The zero-order valence-electron chi connectivity index (χ0n) is 10.5. The van der Waals surface area contributed by atoms with Crippen LogP contribution in [0, 0.1) is 0 Å². The van der Waals surface area contributed by atoms with Gasteiger partial charge in [0.1, 0.15) is 24.7 Å². The predicted molar refractivity (Wildman–Crippen MR) is 72.6 cm³/mol. The van der Waals surface area contributed by atoms with Crippen LogP contribution in [-0.4, -0.2) is 50.6 Å². The number of hydrogen-bond donors (Lipinski definition) is 1. The summed E-state index contributed by atoms with van der Waals surface area (Å²) in [7, 11) is -2.73. The van der Waals surface area contributed by atoms with Crippen molar-refractivity contribution in [2.45, 2.75) is 4.90 Å². The van der Waals surface area contributed by atoms with Crippen LogP contribution in [0.3, 0.4) is 0 Å². The van der Waals surface area contributed by atoms with Crippen molar-refractivity contribution in [3.8, 4) is 11.5 Å². The monoisotopic (exact) mass is 365 g/mol. The molecule has 0 amide bonds. The van der Waals surface area contributed by atoms with Crippen molar-refractivity contribution in [3.05, 3.63) is 16.6 Å². The SMILES string of the molecule is CN(CC(=O)O)S(=O)(=O)c1cc2c(cc1Br)OCCO2. The number of carbonyl (C=O) groups is 1. The third-order valence-corrected chi connectivity index (χ3v) is 5.40. The second-order valence-corrected chi connectivity index (χ2v) is 6.95. The van der Waals surface area contributed by atoms with Crippen LogP contribution < -0.4 is 9.47 Å². The van der Waals surface area contributed by atoms with E-state index in [2.05, 4.69) is 15.9 Å². The molecule has 7 nitrogen and oxygen atoms in total. The second kappa shape index (κ2) is 5.58. The van der Waals surface area contributed by atoms with Gasteiger partial charge < -0.3 is 14.6 Å². The first-order valence-electron chi connectivity index (χ1n) is 5.59. The third-order valence-electron chi connectivity index (χ3n) is 2.64. The lowest BCUT2D eigenvalue weighted by Gasteiger charge is -2.21. The molecular formula is C11H12BrNO6S. The van der Waals surface area contributed by atoms with E-state index in [1.165, 1.54) is 19.2 Å². The van der Waals surface area contributed by atoms with E-state index in [1.807, 2.05) is 0 Å². The Morgan fingerprint density at radius 3 is 2.45 bits per heavy atom. The van der Waals surface area contributed by atoms with Crippen LogP contribution >= 0.6 is 15.9 Å². The van der Waals surface area contributed by atoms with Gasteiger partial charge in [0.05, 0.1) is 0 Å². The molecule has 1 N–H and O–H groups in total. The molecule has 0 fully saturated rings. The first-order chi connectivity index (χ1) is 9.32. The number of benzene rings is 1. The molecular weight excluding hydrogens is 354 g/mol. The molecule has 0 saturated carbocycles. The van der Waals surface area contributed by atoms with E-state index in [4.69, 9.17) is 14.6 Å². The number of rotatable bonds is 4. The van der Waals surface area contributed by atoms with Gasteiger partial charge in [-0.15, -0.1) is 0 Å². The van der Waals surface area contributed by atoms with E-state index in [-0.39, 0.29) is 4.90 Å². The van der Waals surface area contributed by atoms with Crippen LogP contribution in [0.15, 0.2) is 21.5 Å². The highest BCUT2D eigenvalue weighted by atomic mass is 79.9. The van der Waals surface area contributed by atoms with Gasteiger partial charge in [0.15, 0.2) is 11.5 Å². The highest BCUT2D eigenvalue weighted by Gasteiger charge is 2.27. The highest BCUT2D eigenvalue weighted by molar-refractivity contribution is 9.10. The summed E-state index contributed by atoms with van der Waals surface area (Å²) in [6.45, 7) is 0.104. The summed E-state index contributed by atoms with van der Waals surface area (Å²) in [5.74, 6) is -0.463. The van der Waals surface area contributed by atoms with Gasteiger partial charge in [-0.05, 0) is 22.0 Å². The molecule has 9 heteroatoms. The summed E-state index contributed by atoms with van der Waals surface area (Å²) >= 11 is 3.16. The smallest absolute Gasteiger partial charge is 0.318 e. The molecule has 0 spiro atoms. The van der Waals surface area contributed by atoms with E-state index in [9.17, 15) is 13.2 Å². The molecule has 0 radical (unpaired) electrons. The largest absolute Gasteiger partial charge is 0.486 e. The Balaban J connectivity index is 2.44. The number of sulfonamides is 1. The van der Waals surface area contributed by atoms with Gasteiger partial charge in [-0.2, -0.15) is 4.31 Å². The normalized spacial score (nSPS) is 14.3. The number of likely N-dealkylation sites (N-methyl/N-ethyl adjacent to an activating group) is 1. The zero-order valence-corrected chi connectivity index (χ0v) is 12.9. The summed E-state index contributed by atoms with van der Waals surface area (Å²) in [4.78, 5) is 10.6. The van der Waals surface area contributed by atoms with Crippen LogP contribution in [0.1, 0.15) is 0 Å². The maximum atomic E-state index is 12.3. The number of carboxylic acid groups (broad SMARTS) is 1. The third kappa shape index (κ3) is 2.89. The lowest BCUT2D eigenvalue weighted by atomic mass is 10.3. The van der Waals surface area contributed by atoms with Crippen LogP contribution in [0.5, 0.6) is 11.5 Å². The molecule has 1 aliphatic rings. The number of hydrogen-bond acceptors (Lipinski definition) is 5. The van der Waals surface area contributed by atoms with Crippen molar-refractivity contribution in [2.75, 3.05) is 26.8 Å². The van der Waals surface area contributed by atoms with E-state index >= 15 is 0 Å². The molecule has 0 aliphatic carbocycles. The molecule has 1 aromatic carbocycles. The first kappa shape index (κ1) is 15.1. The summed E-state index contributed by atoms with van der Waals surface area (Å²) in [5, 5.41) is 8.69. The summed E-state index contributed by atoms with van der Waals surface area (Å²) in [5.41, 5.74) is 0. The molecule has 0 unspecified atom stereocenters. The van der Waals surface area contributed by atoms with Gasteiger partial charge in [-0.25, -0.2) is 8.42 Å². The molecule has 0 bridgehead atoms. The lowest BCUT2D eigenvalue weighted by molar-refractivity contribution is -0.137. The zero-order chi connectivity index (χ0) is 14.9. The van der Waals surface area contributed by atoms with Crippen LogP contribution in [0.4, 0.5) is 0 Å². The summed E-state index contributed by atoms with van der Waals surface area (Å²) < 4.78 is 36.3. The average molecular weight is 366 g/mol. The van der Waals surface area contributed by atoms with E-state index in [0.717, 1.165) is 4.31 Å². The van der Waals surface area contributed by atoms with Crippen molar-refractivity contribution >= 4 is 31.9 Å². The maximum absolute atomic E-state index is 12.3. The molecule has 1 aliphatic heterocycles. The van der Waals surface area contributed by atoms with Gasteiger partial charge in [-0.3, -0.25) is 4.79 Å². The van der Waals surface area contributed by atoms with Gasteiger partial charge in [-0.1, -0.05) is 0 Å². The number of ether oxygens (including phenoxy) is 2. The number of aliphatic carboxylic acids is 1. The van der Waals surface area contributed by atoms with E-state index in [0.29, 0.717) is 29.2 Å². The molecule has 2 rings (SSSR count). The number of halogens is 1. The highest BCUT2D eigenvalue weighted by Crippen LogP contribution is 2.38. The minimum Gasteiger partial charge on any atom is -0.486 e. The molecule has 1 aromatic rings. The average Bonchev–Trinajstić information content (AvgIpc) is 2.36. The van der Waals surface area contributed by atoms with Crippen molar-refractivity contribution in [1.82, 2.24) is 4.31 Å². The Morgan fingerprint density at radius 1 is 1.35 bits per heavy atom. The van der Waals surface area contributed by atoms with Gasteiger partial charge in [0, 0.05) is 17.6 Å². The van der Waals surface area contributed by atoms with Crippen molar-refractivity contribution in [3.63, 3.8) is 0 Å². The molecule has 20 heavy (non-hydrogen) atoms. The lowest BCUT2D eigenvalue weighted by Crippen LogP contribution is -2.32. The Labute approximate surface area is 124 Å². The Bertz CT molecular complexity index is 645. The number of nitrogens with zero attached hydrogens (tertiary/aromatic N) is 1. The summed E-state index contributed by atoms with van der Waals surface area (Å²) in [6.07, 6.45) is 0. The van der Waals surface area contributed by atoms with Crippen LogP contribution in [-0.2, 0) is 14.8 Å². The number of fused-ring (bicyclic) bond motifs is 1. The Hall–Kier alpha value is -1.32. The minimum atomic E-state index is -3.93. The van der Waals surface area contributed by atoms with E-state index in [1.54, 1.807) is 0 Å². The Morgan fingerprint density at radius 2 is 1.90 bits per heavy atom.